The molecule has 0 amide bonds. The zero-order chi connectivity index (χ0) is 19.0. The van der Waals surface area contributed by atoms with Gasteiger partial charge < -0.3 is 9.52 Å². The van der Waals surface area contributed by atoms with Gasteiger partial charge >= 0.3 is 0 Å². The normalized spacial score (nSPS) is 10.8. The summed E-state index contributed by atoms with van der Waals surface area (Å²) in [4.78, 5) is 0. The molecule has 0 saturated carbocycles. The summed E-state index contributed by atoms with van der Waals surface area (Å²) in [5.41, 5.74) is 0.448. The number of aromatic hydroxyl groups is 1. The Kier molecular flexibility index (Phi) is 4.64. The second kappa shape index (κ2) is 6.75. The van der Waals surface area contributed by atoms with Gasteiger partial charge in [0, 0.05) is 21.9 Å². The summed E-state index contributed by atoms with van der Waals surface area (Å²) in [5.74, 6) is -2.85. The Hall–Kier alpha value is -2.95. The molecule has 0 aliphatic heterocycles. The van der Waals surface area contributed by atoms with E-state index in [1.807, 2.05) is 13.8 Å². The van der Waals surface area contributed by atoms with E-state index in [9.17, 15) is 18.3 Å². The number of halogens is 3. The fourth-order valence-electron chi connectivity index (χ4n) is 2.87. The molecule has 0 bridgehead atoms. The Morgan fingerprint density at radius 2 is 1.35 bits per heavy atom. The Labute approximate surface area is 148 Å². The number of fused-ring (bicyclic) bond motifs is 3. The number of furan rings is 1. The molecule has 2 nitrogen and oxygen atoms in total. The maximum Gasteiger partial charge on any atom is 0.207 e. The van der Waals surface area contributed by atoms with Gasteiger partial charge in [-0.25, -0.2) is 8.78 Å². The summed E-state index contributed by atoms with van der Waals surface area (Å²) in [6, 6.07) is 10.1. The number of benzene rings is 3. The van der Waals surface area contributed by atoms with Crippen LogP contribution in [0.4, 0.5) is 13.2 Å². The minimum atomic E-state index is -0.953. The molecule has 0 aliphatic carbocycles. The topological polar surface area (TPSA) is 33.4 Å². The van der Waals surface area contributed by atoms with Crippen molar-refractivity contribution in [2.24, 2.45) is 0 Å². The lowest BCUT2D eigenvalue weighted by Crippen LogP contribution is -1.90. The summed E-state index contributed by atoms with van der Waals surface area (Å²) in [6.07, 6.45) is 0. The van der Waals surface area contributed by atoms with Crippen LogP contribution in [0.3, 0.4) is 0 Å². The SMILES string of the molecule is CC.Cc1ccc(-c2ccc3c(oc4c(F)c(O)ccc43)c2F)c(F)c1. The minimum Gasteiger partial charge on any atom is -0.505 e. The Bertz CT molecular complexity index is 1110. The molecular weight excluding hydrogens is 341 g/mol. The molecular formula is C21H17F3O2. The molecule has 134 valence electrons. The fraction of sp³-hybridized carbons (Fsp3) is 0.143. The van der Waals surface area contributed by atoms with Crippen molar-refractivity contribution >= 4 is 21.9 Å². The van der Waals surface area contributed by atoms with Crippen LogP contribution in [-0.2, 0) is 0 Å². The summed E-state index contributed by atoms with van der Waals surface area (Å²) < 4.78 is 48.3. The first-order valence-electron chi connectivity index (χ1n) is 8.26. The second-order valence-electron chi connectivity index (χ2n) is 5.66. The average molecular weight is 358 g/mol. The highest BCUT2D eigenvalue weighted by atomic mass is 19.1. The summed E-state index contributed by atoms with van der Waals surface area (Å²) in [5, 5.41) is 10.1. The van der Waals surface area contributed by atoms with Gasteiger partial charge in [-0.05, 0) is 36.8 Å². The van der Waals surface area contributed by atoms with Gasteiger partial charge in [0.05, 0.1) is 0 Å². The van der Waals surface area contributed by atoms with E-state index in [0.29, 0.717) is 10.8 Å². The van der Waals surface area contributed by atoms with Crippen LogP contribution in [0.25, 0.3) is 33.1 Å². The lowest BCUT2D eigenvalue weighted by molar-refractivity contribution is 0.430. The first-order chi connectivity index (χ1) is 12.5. The summed E-state index contributed by atoms with van der Waals surface area (Å²) in [7, 11) is 0. The molecule has 0 radical (unpaired) electrons. The van der Waals surface area contributed by atoms with E-state index in [1.165, 1.54) is 30.3 Å². The van der Waals surface area contributed by atoms with Crippen molar-refractivity contribution in [2.75, 3.05) is 0 Å². The maximum absolute atomic E-state index is 14.9. The van der Waals surface area contributed by atoms with Crippen LogP contribution in [0.5, 0.6) is 5.75 Å². The Morgan fingerprint density at radius 3 is 2.00 bits per heavy atom. The van der Waals surface area contributed by atoms with Crippen LogP contribution < -0.4 is 0 Å². The predicted octanol–water partition coefficient (Wildman–Crippen LogP) is 6.71. The zero-order valence-electron chi connectivity index (χ0n) is 14.5. The lowest BCUT2D eigenvalue weighted by Gasteiger charge is -2.06. The number of hydrogen-bond donors (Lipinski definition) is 1. The predicted molar refractivity (Wildman–Crippen MR) is 96.8 cm³/mol. The van der Waals surface area contributed by atoms with Crippen LogP contribution in [-0.4, -0.2) is 5.11 Å². The third-order valence-corrected chi connectivity index (χ3v) is 4.08. The number of rotatable bonds is 1. The molecule has 5 heteroatoms. The van der Waals surface area contributed by atoms with Gasteiger partial charge in [0.15, 0.2) is 22.7 Å². The van der Waals surface area contributed by atoms with Crippen LogP contribution in [0.2, 0.25) is 0 Å². The molecule has 0 atom stereocenters. The summed E-state index contributed by atoms with van der Waals surface area (Å²) >= 11 is 0. The maximum atomic E-state index is 14.9. The van der Waals surface area contributed by atoms with Gasteiger partial charge in [-0.2, -0.15) is 4.39 Å². The van der Waals surface area contributed by atoms with Crippen LogP contribution in [0, 0.1) is 24.4 Å². The molecule has 4 rings (SSSR count). The molecule has 0 aliphatic rings. The molecule has 1 aromatic heterocycles. The van der Waals surface area contributed by atoms with Crippen LogP contribution in [0.1, 0.15) is 19.4 Å². The molecule has 26 heavy (non-hydrogen) atoms. The molecule has 1 heterocycles. The molecule has 0 spiro atoms. The van der Waals surface area contributed by atoms with E-state index in [4.69, 9.17) is 4.42 Å². The van der Waals surface area contributed by atoms with E-state index >= 15 is 0 Å². The van der Waals surface area contributed by atoms with E-state index in [0.717, 1.165) is 5.56 Å². The van der Waals surface area contributed by atoms with Gasteiger partial charge in [-0.1, -0.05) is 32.0 Å². The Balaban J connectivity index is 0.000000948. The van der Waals surface area contributed by atoms with E-state index < -0.39 is 23.2 Å². The highest BCUT2D eigenvalue weighted by Crippen LogP contribution is 2.38. The van der Waals surface area contributed by atoms with Crippen molar-refractivity contribution < 1.29 is 22.7 Å². The van der Waals surface area contributed by atoms with Crippen LogP contribution >= 0.6 is 0 Å². The first-order valence-corrected chi connectivity index (χ1v) is 8.26. The highest BCUT2D eigenvalue weighted by Gasteiger charge is 2.20. The van der Waals surface area contributed by atoms with Crippen molar-refractivity contribution in [1.82, 2.24) is 0 Å². The van der Waals surface area contributed by atoms with Crippen molar-refractivity contribution in [1.29, 1.82) is 0 Å². The fourth-order valence-corrected chi connectivity index (χ4v) is 2.87. The van der Waals surface area contributed by atoms with E-state index in [1.54, 1.807) is 19.1 Å². The molecule has 4 aromatic rings. The van der Waals surface area contributed by atoms with E-state index in [2.05, 4.69) is 0 Å². The molecule has 0 unspecified atom stereocenters. The van der Waals surface area contributed by atoms with E-state index in [-0.39, 0.29) is 22.3 Å². The van der Waals surface area contributed by atoms with Crippen molar-refractivity contribution in [3.8, 4) is 16.9 Å². The standard InChI is InChI=1S/C19H11F3O2.C2H6/c1-9-2-3-10(14(20)8-9)11-4-5-12-13-6-7-15(23)17(22)19(13)24-18(12)16(11)21;1-2/h2-8,23H,1H3;1-2H3. The smallest absolute Gasteiger partial charge is 0.207 e. The third kappa shape index (κ3) is 2.69. The Morgan fingerprint density at radius 1 is 0.769 bits per heavy atom. The highest BCUT2D eigenvalue weighted by molar-refractivity contribution is 6.06. The molecule has 0 saturated heterocycles. The van der Waals surface area contributed by atoms with Crippen molar-refractivity contribution in [3.63, 3.8) is 0 Å². The minimum absolute atomic E-state index is 0.0312. The molecule has 1 N–H and O–H groups in total. The number of hydrogen-bond acceptors (Lipinski definition) is 2. The molecule has 3 aromatic carbocycles. The molecule has 0 fully saturated rings. The summed E-state index contributed by atoms with van der Waals surface area (Å²) in [6.45, 7) is 5.74. The van der Waals surface area contributed by atoms with Gasteiger partial charge in [0.1, 0.15) is 5.82 Å². The monoisotopic (exact) mass is 358 g/mol. The average Bonchev–Trinajstić information content (AvgIpc) is 3.01. The van der Waals surface area contributed by atoms with Crippen molar-refractivity contribution in [2.45, 2.75) is 20.8 Å². The number of aryl methyl sites for hydroxylation is 1. The van der Waals surface area contributed by atoms with Gasteiger partial charge in [0.25, 0.3) is 0 Å². The number of phenols is 1. The van der Waals surface area contributed by atoms with Crippen LogP contribution in [0.15, 0.2) is 46.9 Å². The zero-order valence-corrected chi connectivity index (χ0v) is 14.5. The van der Waals surface area contributed by atoms with Gasteiger partial charge in [-0.15, -0.1) is 0 Å². The number of phenolic OH excluding ortho intramolecular Hbond substituents is 1. The second-order valence-corrected chi connectivity index (χ2v) is 5.66. The first kappa shape index (κ1) is 17.9. The van der Waals surface area contributed by atoms with Gasteiger partial charge in [0.2, 0.25) is 5.82 Å². The largest absolute Gasteiger partial charge is 0.505 e. The van der Waals surface area contributed by atoms with Crippen molar-refractivity contribution in [3.05, 3.63) is 65.5 Å². The quantitative estimate of drug-likeness (QED) is 0.410. The van der Waals surface area contributed by atoms with Gasteiger partial charge in [-0.3, -0.25) is 0 Å². The lowest BCUT2D eigenvalue weighted by atomic mass is 10.0. The third-order valence-electron chi connectivity index (χ3n) is 4.08.